The molecule has 0 aliphatic heterocycles. The molecule has 5 heteroatoms. The number of nitrogens with zero attached hydrogens (tertiary/aromatic N) is 2. The number of carbonyl (C=O) groups excluding carboxylic acids is 1. The predicted octanol–water partition coefficient (Wildman–Crippen LogP) is 0.917. The van der Waals surface area contributed by atoms with Crippen molar-refractivity contribution in [2.75, 3.05) is 25.6 Å². The van der Waals surface area contributed by atoms with E-state index in [-0.39, 0.29) is 5.69 Å². The Kier molecular flexibility index (Phi) is 2.89. The van der Waals surface area contributed by atoms with Gasteiger partial charge in [-0.1, -0.05) is 0 Å². The average molecular weight is 184 g/mol. The van der Waals surface area contributed by atoms with E-state index in [0.717, 1.165) is 0 Å². The standard InChI is InChI=1S/C8H12N2O3/c1-4-12-7(11)6-5-13-8(9-6)10(2)3/h5H,4H2,1-3H3. The van der Waals surface area contributed by atoms with E-state index < -0.39 is 5.97 Å². The Bertz CT molecular complexity index is 293. The fourth-order valence-corrected chi connectivity index (χ4v) is 0.768. The molecule has 0 radical (unpaired) electrons. The quantitative estimate of drug-likeness (QED) is 0.654. The van der Waals surface area contributed by atoms with Crippen LogP contribution in [0.2, 0.25) is 0 Å². The van der Waals surface area contributed by atoms with Gasteiger partial charge in [-0.2, -0.15) is 4.98 Å². The summed E-state index contributed by atoms with van der Waals surface area (Å²) < 4.78 is 9.75. The topological polar surface area (TPSA) is 55.6 Å². The van der Waals surface area contributed by atoms with Gasteiger partial charge in [0.2, 0.25) is 0 Å². The number of oxazole rings is 1. The molecule has 0 bridgehead atoms. The van der Waals surface area contributed by atoms with Crippen molar-refractivity contribution < 1.29 is 13.9 Å². The molecule has 0 atom stereocenters. The molecule has 1 heterocycles. The van der Waals surface area contributed by atoms with Gasteiger partial charge in [0.25, 0.3) is 6.01 Å². The van der Waals surface area contributed by atoms with E-state index in [2.05, 4.69) is 4.98 Å². The highest BCUT2D eigenvalue weighted by Gasteiger charge is 2.13. The van der Waals surface area contributed by atoms with E-state index in [1.54, 1.807) is 25.9 Å². The molecule has 0 unspecified atom stereocenters. The first-order valence-corrected chi connectivity index (χ1v) is 3.95. The Morgan fingerprint density at radius 1 is 1.69 bits per heavy atom. The summed E-state index contributed by atoms with van der Waals surface area (Å²) in [5.74, 6) is -0.459. The van der Waals surface area contributed by atoms with Crippen LogP contribution in [0.25, 0.3) is 0 Å². The third-order valence-corrected chi connectivity index (χ3v) is 1.36. The maximum Gasteiger partial charge on any atom is 0.360 e. The van der Waals surface area contributed by atoms with Crippen molar-refractivity contribution in [2.24, 2.45) is 0 Å². The van der Waals surface area contributed by atoms with Crippen LogP contribution in [0.15, 0.2) is 10.7 Å². The molecule has 0 spiro atoms. The third kappa shape index (κ3) is 2.21. The summed E-state index contributed by atoms with van der Waals surface area (Å²) in [4.78, 5) is 16.7. The van der Waals surface area contributed by atoms with Gasteiger partial charge >= 0.3 is 5.97 Å². The van der Waals surface area contributed by atoms with Crippen LogP contribution in [0, 0.1) is 0 Å². The van der Waals surface area contributed by atoms with Gasteiger partial charge in [0.1, 0.15) is 6.26 Å². The van der Waals surface area contributed by atoms with Crippen LogP contribution in [-0.4, -0.2) is 31.7 Å². The molecule has 1 rings (SSSR count). The molecule has 1 aromatic heterocycles. The van der Waals surface area contributed by atoms with E-state index >= 15 is 0 Å². The highest BCUT2D eigenvalue weighted by molar-refractivity contribution is 5.87. The van der Waals surface area contributed by atoms with Crippen LogP contribution in [0.5, 0.6) is 0 Å². The van der Waals surface area contributed by atoms with Crippen molar-refractivity contribution in [2.45, 2.75) is 6.92 Å². The van der Waals surface area contributed by atoms with E-state index in [4.69, 9.17) is 9.15 Å². The summed E-state index contributed by atoms with van der Waals surface area (Å²) in [7, 11) is 3.56. The van der Waals surface area contributed by atoms with Gasteiger partial charge in [-0.3, -0.25) is 0 Å². The second-order valence-corrected chi connectivity index (χ2v) is 2.63. The zero-order valence-electron chi connectivity index (χ0n) is 7.90. The molecule has 0 aromatic carbocycles. The van der Waals surface area contributed by atoms with Crippen LogP contribution < -0.4 is 4.90 Å². The zero-order valence-corrected chi connectivity index (χ0v) is 7.90. The molecule has 0 fully saturated rings. The summed E-state index contributed by atoms with van der Waals surface area (Å²) in [6.45, 7) is 2.08. The Morgan fingerprint density at radius 2 is 2.38 bits per heavy atom. The summed E-state index contributed by atoms with van der Waals surface area (Å²) in [5, 5.41) is 0. The second kappa shape index (κ2) is 3.93. The minimum Gasteiger partial charge on any atom is -0.461 e. The SMILES string of the molecule is CCOC(=O)c1coc(N(C)C)n1. The molecular formula is C8H12N2O3. The number of ether oxygens (including phenoxy) is 1. The summed E-state index contributed by atoms with van der Waals surface area (Å²) in [5.41, 5.74) is 0.200. The molecule has 0 saturated carbocycles. The fourth-order valence-electron chi connectivity index (χ4n) is 0.768. The first-order chi connectivity index (χ1) is 6.15. The number of carbonyl (C=O) groups is 1. The van der Waals surface area contributed by atoms with E-state index in [0.29, 0.717) is 12.6 Å². The largest absolute Gasteiger partial charge is 0.461 e. The lowest BCUT2D eigenvalue weighted by atomic mass is 10.5. The van der Waals surface area contributed by atoms with Crippen molar-refractivity contribution in [3.63, 3.8) is 0 Å². The molecule has 13 heavy (non-hydrogen) atoms. The molecule has 0 N–H and O–H groups in total. The number of hydrogen-bond donors (Lipinski definition) is 0. The van der Waals surface area contributed by atoms with Crippen LogP contribution in [0.3, 0.4) is 0 Å². The highest BCUT2D eigenvalue weighted by Crippen LogP contribution is 2.10. The Hall–Kier alpha value is -1.52. The molecule has 0 aliphatic carbocycles. The summed E-state index contributed by atoms with van der Waals surface area (Å²) in [6, 6.07) is 0.392. The zero-order chi connectivity index (χ0) is 9.84. The van der Waals surface area contributed by atoms with Gasteiger partial charge in [0.15, 0.2) is 5.69 Å². The lowest BCUT2D eigenvalue weighted by Gasteiger charge is -2.03. The van der Waals surface area contributed by atoms with E-state index in [1.165, 1.54) is 6.26 Å². The summed E-state index contributed by atoms with van der Waals surface area (Å²) >= 11 is 0. The maximum absolute atomic E-state index is 11.1. The van der Waals surface area contributed by atoms with Gasteiger partial charge in [-0.05, 0) is 6.92 Å². The molecule has 72 valence electrons. The molecule has 5 nitrogen and oxygen atoms in total. The van der Waals surface area contributed by atoms with Crippen molar-refractivity contribution >= 4 is 12.0 Å². The van der Waals surface area contributed by atoms with Gasteiger partial charge in [-0.15, -0.1) is 0 Å². The minimum absolute atomic E-state index is 0.200. The number of anilines is 1. The molecule has 0 amide bonds. The van der Waals surface area contributed by atoms with Crippen molar-refractivity contribution in [3.05, 3.63) is 12.0 Å². The first-order valence-electron chi connectivity index (χ1n) is 3.95. The Labute approximate surface area is 76.3 Å². The maximum atomic E-state index is 11.1. The highest BCUT2D eigenvalue weighted by atomic mass is 16.5. The number of aromatic nitrogens is 1. The van der Waals surface area contributed by atoms with Gasteiger partial charge in [0.05, 0.1) is 6.61 Å². The van der Waals surface area contributed by atoms with Crippen LogP contribution >= 0.6 is 0 Å². The molecule has 0 aliphatic rings. The third-order valence-electron chi connectivity index (χ3n) is 1.36. The molecule has 1 aromatic rings. The summed E-state index contributed by atoms with van der Waals surface area (Å²) in [6.07, 6.45) is 1.29. The fraction of sp³-hybridized carbons (Fsp3) is 0.500. The van der Waals surface area contributed by atoms with Gasteiger partial charge < -0.3 is 14.1 Å². The Morgan fingerprint density at radius 3 is 2.85 bits per heavy atom. The Balaban J connectivity index is 2.73. The monoisotopic (exact) mass is 184 g/mol. The minimum atomic E-state index is -0.459. The van der Waals surface area contributed by atoms with Gasteiger partial charge in [-0.25, -0.2) is 4.79 Å². The average Bonchev–Trinajstić information content (AvgIpc) is 2.52. The van der Waals surface area contributed by atoms with E-state index in [1.807, 2.05) is 0 Å². The van der Waals surface area contributed by atoms with Crippen LogP contribution in [0.4, 0.5) is 6.01 Å². The number of hydrogen-bond acceptors (Lipinski definition) is 5. The van der Waals surface area contributed by atoms with Crippen molar-refractivity contribution in [1.82, 2.24) is 4.98 Å². The molecule has 0 saturated heterocycles. The van der Waals surface area contributed by atoms with Gasteiger partial charge in [0, 0.05) is 14.1 Å². The van der Waals surface area contributed by atoms with Crippen molar-refractivity contribution in [1.29, 1.82) is 0 Å². The number of rotatable bonds is 3. The predicted molar refractivity (Wildman–Crippen MR) is 46.8 cm³/mol. The normalized spacial score (nSPS) is 9.77. The van der Waals surface area contributed by atoms with Crippen LogP contribution in [0.1, 0.15) is 17.4 Å². The lowest BCUT2D eigenvalue weighted by molar-refractivity contribution is 0.0519. The molecular weight excluding hydrogens is 172 g/mol. The lowest BCUT2D eigenvalue weighted by Crippen LogP contribution is -2.10. The second-order valence-electron chi connectivity index (χ2n) is 2.63. The van der Waals surface area contributed by atoms with E-state index in [9.17, 15) is 4.79 Å². The van der Waals surface area contributed by atoms with Crippen molar-refractivity contribution in [3.8, 4) is 0 Å². The smallest absolute Gasteiger partial charge is 0.360 e. The van der Waals surface area contributed by atoms with Crippen LogP contribution in [-0.2, 0) is 4.74 Å². The number of esters is 1. The first kappa shape index (κ1) is 9.57.